The predicted molar refractivity (Wildman–Crippen MR) is 153 cm³/mol. The van der Waals surface area contributed by atoms with E-state index in [1.165, 1.54) is 0 Å². The second-order valence-electron chi connectivity index (χ2n) is 8.81. The van der Waals surface area contributed by atoms with E-state index in [1.54, 1.807) is 11.9 Å². The van der Waals surface area contributed by atoms with Crippen LogP contribution >= 0.6 is 31.9 Å². The maximum absolute atomic E-state index is 12.8. The van der Waals surface area contributed by atoms with Crippen LogP contribution in [0.5, 0.6) is 0 Å². The number of carbonyl (C=O) groups is 1. The van der Waals surface area contributed by atoms with E-state index in [0.29, 0.717) is 52.7 Å². The summed E-state index contributed by atoms with van der Waals surface area (Å²) in [5.41, 5.74) is 6.40. The van der Waals surface area contributed by atoms with Gasteiger partial charge in [0.1, 0.15) is 0 Å². The van der Waals surface area contributed by atoms with Crippen molar-refractivity contribution in [3.05, 3.63) is 77.1 Å². The number of ether oxygens (including phenoxy) is 4. The Kier molecular flexibility index (Phi) is 11.2. The maximum atomic E-state index is 12.8. The van der Waals surface area contributed by atoms with Crippen molar-refractivity contribution < 1.29 is 23.7 Å². The number of nitrogens with zero attached hydrogens (tertiary/aromatic N) is 3. The zero-order valence-electron chi connectivity index (χ0n) is 21.5. The summed E-state index contributed by atoms with van der Waals surface area (Å²) in [5.74, 6) is 0. The molecule has 1 aromatic heterocycles. The van der Waals surface area contributed by atoms with Gasteiger partial charge in [0, 0.05) is 41.1 Å². The molecule has 0 N–H and O–H groups in total. The number of fused-ring (bicyclic) bond motifs is 3. The number of likely N-dealkylation sites (N-methyl/N-ethyl adjacent to an activating group) is 1. The fraction of sp³-hybridized carbons (Fsp3) is 0.429. The van der Waals surface area contributed by atoms with Crippen LogP contribution in [0.3, 0.4) is 0 Å². The highest BCUT2D eigenvalue weighted by Crippen LogP contribution is 2.45. The number of benzene rings is 2. The first-order chi connectivity index (χ1) is 18.6. The van der Waals surface area contributed by atoms with Crippen LogP contribution in [0.2, 0.25) is 0 Å². The van der Waals surface area contributed by atoms with Gasteiger partial charge in [-0.2, -0.15) is 5.10 Å². The molecular weight excluding hydrogens is 618 g/mol. The second kappa shape index (κ2) is 14.8. The molecule has 0 saturated carbocycles. The Morgan fingerprint density at radius 1 is 0.868 bits per heavy atom. The standard InChI is InChI=1S/C28H33Br2N3O5/c1-32(28(34)38-27-25-8-4-2-6-23(25)24-7-3-5-9-26(24)27)10-12-35-14-16-37-17-15-36-13-11-33-22(20-30)18-21(19-29)31-33/h2-9,18,27H,10-17,19-20H2,1H3. The predicted octanol–water partition coefficient (Wildman–Crippen LogP) is 5.56. The van der Waals surface area contributed by atoms with Gasteiger partial charge in [-0.15, -0.1) is 0 Å². The molecule has 2 aromatic carbocycles. The highest BCUT2D eigenvalue weighted by molar-refractivity contribution is 9.08. The molecule has 0 bridgehead atoms. The molecule has 0 radical (unpaired) electrons. The minimum Gasteiger partial charge on any atom is -0.436 e. The number of hydrogen-bond donors (Lipinski definition) is 0. The third-order valence-electron chi connectivity index (χ3n) is 6.26. The zero-order valence-corrected chi connectivity index (χ0v) is 24.7. The lowest BCUT2D eigenvalue weighted by atomic mass is 10.1. The first-order valence-electron chi connectivity index (χ1n) is 12.6. The molecule has 204 valence electrons. The second-order valence-corrected chi connectivity index (χ2v) is 9.94. The molecule has 8 nitrogen and oxygen atoms in total. The Hall–Kier alpha value is -2.24. The number of rotatable bonds is 15. The number of amides is 1. The molecule has 1 heterocycles. The highest BCUT2D eigenvalue weighted by atomic mass is 79.9. The molecule has 38 heavy (non-hydrogen) atoms. The zero-order chi connectivity index (χ0) is 26.7. The van der Waals surface area contributed by atoms with Gasteiger partial charge in [0.2, 0.25) is 0 Å². The molecule has 3 aromatic rings. The molecule has 0 fully saturated rings. The Morgan fingerprint density at radius 2 is 1.45 bits per heavy atom. The summed E-state index contributed by atoms with van der Waals surface area (Å²) in [6.07, 6.45) is -0.771. The van der Waals surface area contributed by atoms with Crippen LogP contribution in [0.15, 0.2) is 54.6 Å². The Balaban J connectivity index is 1.06. The number of carbonyl (C=O) groups excluding carboxylic acids is 1. The van der Waals surface area contributed by atoms with Crippen molar-refractivity contribution in [2.45, 2.75) is 23.3 Å². The van der Waals surface area contributed by atoms with Crippen LogP contribution in [0.25, 0.3) is 11.1 Å². The van der Waals surface area contributed by atoms with Crippen molar-refractivity contribution in [1.29, 1.82) is 0 Å². The molecule has 1 aliphatic carbocycles. The van der Waals surface area contributed by atoms with Gasteiger partial charge >= 0.3 is 6.09 Å². The fourth-order valence-corrected chi connectivity index (χ4v) is 5.02. The summed E-state index contributed by atoms with van der Waals surface area (Å²) in [6, 6.07) is 18.2. The molecule has 1 amide bonds. The van der Waals surface area contributed by atoms with Gasteiger partial charge in [0.05, 0.1) is 51.9 Å². The normalized spacial score (nSPS) is 12.4. The summed E-state index contributed by atoms with van der Waals surface area (Å²) in [6.45, 7) is 4.03. The molecule has 1 aliphatic rings. The first kappa shape index (κ1) is 28.8. The smallest absolute Gasteiger partial charge is 0.410 e. The van der Waals surface area contributed by atoms with E-state index < -0.39 is 6.10 Å². The van der Waals surface area contributed by atoms with Crippen LogP contribution in [-0.4, -0.2) is 74.0 Å². The molecule has 0 saturated heterocycles. The van der Waals surface area contributed by atoms with Crippen LogP contribution in [-0.2, 0) is 36.2 Å². The van der Waals surface area contributed by atoms with E-state index >= 15 is 0 Å². The largest absolute Gasteiger partial charge is 0.436 e. The molecule has 0 aliphatic heterocycles. The molecule has 0 unspecified atom stereocenters. The first-order valence-corrected chi connectivity index (χ1v) is 14.9. The van der Waals surface area contributed by atoms with E-state index in [1.807, 2.05) is 41.1 Å². The van der Waals surface area contributed by atoms with Crippen molar-refractivity contribution in [3.8, 4) is 11.1 Å². The van der Waals surface area contributed by atoms with Gasteiger partial charge in [0.15, 0.2) is 6.10 Å². The van der Waals surface area contributed by atoms with Crippen LogP contribution in [0.4, 0.5) is 4.79 Å². The van der Waals surface area contributed by atoms with E-state index in [0.717, 1.165) is 44.3 Å². The minimum absolute atomic E-state index is 0.375. The third kappa shape index (κ3) is 7.45. The average Bonchev–Trinajstić information content (AvgIpc) is 3.50. The van der Waals surface area contributed by atoms with Crippen LogP contribution in [0, 0.1) is 0 Å². The summed E-state index contributed by atoms with van der Waals surface area (Å²) in [5, 5.41) is 6.02. The summed E-state index contributed by atoms with van der Waals surface area (Å²) in [7, 11) is 1.72. The fourth-order valence-electron chi connectivity index (χ4n) is 4.29. The summed E-state index contributed by atoms with van der Waals surface area (Å²) >= 11 is 6.92. The summed E-state index contributed by atoms with van der Waals surface area (Å²) < 4.78 is 24.7. The maximum Gasteiger partial charge on any atom is 0.410 e. The Bertz CT molecular complexity index is 1140. The van der Waals surface area contributed by atoms with Gasteiger partial charge in [-0.05, 0) is 17.2 Å². The van der Waals surface area contributed by atoms with Crippen molar-refractivity contribution in [3.63, 3.8) is 0 Å². The van der Waals surface area contributed by atoms with E-state index in [-0.39, 0.29) is 6.09 Å². The molecule has 4 rings (SSSR count). The molecular formula is C28H33Br2N3O5. The van der Waals surface area contributed by atoms with Gasteiger partial charge < -0.3 is 23.8 Å². The average molecular weight is 651 g/mol. The third-order valence-corrected chi connectivity index (χ3v) is 7.41. The van der Waals surface area contributed by atoms with Gasteiger partial charge in [-0.3, -0.25) is 4.68 Å². The lowest BCUT2D eigenvalue weighted by Crippen LogP contribution is -2.32. The molecule has 0 spiro atoms. The Labute approximate surface area is 240 Å². The van der Waals surface area contributed by atoms with Crippen molar-refractivity contribution >= 4 is 38.0 Å². The SMILES string of the molecule is CN(CCOCCOCCOCCn1nc(CBr)cc1CBr)C(=O)OC1c2ccccc2-c2ccccc21. The monoisotopic (exact) mass is 649 g/mol. The molecule has 0 atom stereocenters. The van der Waals surface area contributed by atoms with E-state index in [9.17, 15) is 4.79 Å². The van der Waals surface area contributed by atoms with Crippen LogP contribution < -0.4 is 0 Å². The number of alkyl halides is 2. The number of hydrogen-bond acceptors (Lipinski definition) is 6. The van der Waals surface area contributed by atoms with Gasteiger partial charge in [-0.1, -0.05) is 80.4 Å². The summed E-state index contributed by atoms with van der Waals surface area (Å²) in [4.78, 5) is 14.3. The Morgan fingerprint density at radius 3 is 2.05 bits per heavy atom. The van der Waals surface area contributed by atoms with Crippen molar-refractivity contribution in [2.24, 2.45) is 0 Å². The lowest BCUT2D eigenvalue weighted by Gasteiger charge is -2.21. The number of aromatic nitrogens is 2. The quantitative estimate of drug-likeness (QED) is 0.158. The molecule has 10 heteroatoms. The number of halogens is 2. The van der Waals surface area contributed by atoms with Crippen LogP contribution in [0.1, 0.15) is 28.6 Å². The van der Waals surface area contributed by atoms with E-state index in [4.69, 9.17) is 18.9 Å². The van der Waals surface area contributed by atoms with Gasteiger partial charge in [-0.25, -0.2) is 4.79 Å². The topological polar surface area (TPSA) is 75.0 Å². The van der Waals surface area contributed by atoms with E-state index in [2.05, 4.69) is 55.2 Å². The minimum atomic E-state index is -0.397. The lowest BCUT2D eigenvalue weighted by molar-refractivity contribution is 0.00883. The van der Waals surface area contributed by atoms with Crippen molar-refractivity contribution in [1.82, 2.24) is 14.7 Å². The van der Waals surface area contributed by atoms with Crippen molar-refractivity contribution in [2.75, 3.05) is 53.2 Å². The highest BCUT2D eigenvalue weighted by Gasteiger charge is 2.31. The van der Waals surface area contributed by atoms with Gasteiger partial charge in [0.25, 0.3) is 0 Å².